The number of fused-ring (bicyclic) bond motifs is 1. The lowest BCUT2D eigenvalue weighted by Gasteiger charge is -2.35. The molecule has 4 aromatic rings. The van der Waals surface area contributed by atoms with E-state index < -0.39 is 0 Å². The van der Waals surface area contributed by atoms with Gasteiger partial charge in [-0.2, -0.15) is 11.3 Å². The van der Waals surface area contributed by atoms with Gasteiger partial charge in [0.1, 0.15) is 0 Å². The smallest absolute Gasteiger partial charge is 0.180 e. The van der Waals surface area contributed by atoms with Crippen LogP contribution in [0.5, 0.6) is 0 Å². The van der Waals surface area contributed by atoms with Crippen LogP contribution in [-0.2, 0) is 6.54 Å². The molecule has 1 aliphatic rings. The predicted molar refractivity (Wildman–Crippen MR) is 108 cm³/mol. The Hall–Kier alpha value is -2.77. The van der Waals surface area contributed by atoms with Crippen LogP contribution in [-0.4, -0.2) is 50.4 Å². The van der Waals surface area contributed by atoms with Crippen LogP contribution in [0.15, 0.2) is 59.9 Å². The molecule has 4 aromatic heterocycles. The SMILES string of the molecule is c1cncc(-c2cnc3c(N4CCN(Cc5ccsc5)CC4)nccn23)c1. The molecule has 0 N–H and O–H groups in total. The van der Waals surface area contributed by atoms with Crippen molar-refractivity contribution in [2.75, 3.05) is 31.1 Å². The molecule has 5 rings (SSSR count). The average Bonchev–Trinajstić information content (AvgIpc) is 3.39. The molecule has 5 heterocycles. The van der Waals surface area contributed by atoms with Crippen molar-refractivity contribution in [3.05, 3.63) is 65.5 Å². The first kappa shape index (κ1) is 16.4. The van der Waals surface area contributed by atoms with Crippen molar-refractivity contribution in [1.29, 1.82) is 0 Å². The van der Waals surface area contributed by atoms with E-state index in [1.165, 1.54) is 5.56 Å². The molecule has 0 aromatic carbocycles. The molecule has 27 heavy (non-hydrogen) atoms. The van der Waals surface area contributed by atoms with Gasteiger partial charge in [-0.3, -0.25) is 14.3 Å². The zero-order valence-corrected chi connectivity index (χ0v) is 15.7. The van der Waals surface area contributed by atoms with Crippen molar-refractivity contribution in [1.82, 2.24) is 24.3 Å². The second-order valence-electron chi connectivity index (χ2n) is 6.72. The number of rotatable bonds is 4. The van der Waals surface area contributed by atoms with Crippen LogP contribution in [0.25, 0.3) is 16.9 Å². The zero-order chi connectivity index (χ0) is 18.1. The highest BCUT2D eigenvalue weighted by atomic mass is 32.1. The third kappa shape index (κ3) is 3.20. The molecule has 0 bridgehead atoms. The Kier molecular flexibility index (Phi) is 4.31. The second-order valence-corrected chi connectivity index (χ2v) is 7.50. The normalized spacial score (nSPS) is 15.5. The van der Waals surface area contributed by atoms with E-state index >= 15 is 0 Å². The molecule has 136 valence electrons. The Balaban J connectivity index is 1.37. The van der Waals surface area contributed by atoms with Crippen molar-refractivity contribution < 1.29 is 0 Å². The number of thiophene rings is 1. The van der Waals surface area contributed by atoms with Gasteiger partial charge in [0, 0.05) is 63.1 Å². The summed E-state index contributed by atoms with van der Waals surface area (Å²) in [5, 5.41) is 4.38. The van der Waals surface area contributed by atoms with Crippen LogP contribution in [0.4, 0.5) is 5.82 Å². The number of pyridine rings is 1. The lowest BCUT2D eigenvalue weighted by atomic mass is 10.2. The van der Waals surface area contributed by atoms with Crippen LogP contribution < -0.4 is 4.90 Å². The fourth-order valence-electron chi connectivity index (χ4n) is 3.62. The standard InChI is InChI=1S/C20H20N6S/c1-2-17(12-21-4-1)18-13-23-20-19(22-5-6-26(18)20)25-9-7-24(8-10-25)14-16-3-11-27-15-16/h1-6,11-13,15H,7-10,14H2. The van der Waals surface area contributed by atoms with Crippen LogP contribution >= 0.6 is 11.3 Å². The minimum atomic E-state index is 0.905. The summed E-state index contributed by atoms with van der Waals surface area (Å²) in [6.45, 7) is 5.03. The van der Waals surface area contributed by atoms with Crippen molar-refractivity contribution in [3.8, 4) is 11.3 Å². The molecule has 1 aliphatic heterocycles. The molecule has 1 fully saturated rings. The molecule has 0 aliphatic carbocycles. The van der Waals surface area contributed by atoms with Gasteiger partial charge < -0.3 is 4.90 Å². The number of nitrogens with zero attached hydrogens (tertiary/aromatic N) is 6. The van der Waals surface area contributed by atoms with E-state index in [1.807, 2.05) is 30.9 Å². The minimum Gasteiger partial charge on any atom is -0.351 e. The summed E-state index contributed by atoms with van der Waals surface area (Å²) >= 11 is 1.76. The summed E-state index contributed by atoms with van der Waals surface area (Å²) in [4.78, 5) is 18.4. The largest absolute Gasteiger partial charge is 0.351 e. The Bertz CT molecular complexity index is 1020. The van der Waals surface area contributed by atoms with Gasteiger partial charge in [-0.25, -0.2) is 9.97 Å². The number of imidazole rings is 1. The number of anilines is 1. The molecule has 0 unspecified atom stereocenters. The molecule has 0 spiro atoms. The fraction of sp³-hybridized carbons (Fsp3) is 0.250. The van der Waals surface area contributed by atoms with Crippen LogP contribution in [0, 0.1) is 0 Å². The Morgan fingerprint density at radius 2 is 1.93 bits per heavy atom. The van der Waals surface area contributed by atoms with Crippen molar-refractivity contribution >= 4 is 22.8 Å². The maximum Gasteiger partial charge on any atom is 0.180 e. The van der Waals surface area contributed by atoms with Crippen molar-refractivity contribution in [3.63, 3.8) is 0 Å². The lowest BCUT2D eigenvalue weighted by molar-refractivity contribution is 0.249. The van der Waals surface area contributed by atoms with Gasteiger partial charge in [-0.05, 0) is 34.5 Å². The summed E-state index contributed by atoms with van der Waals surface area (Å²) in [7, 11) is 0. The zero-order valence-electron chi connectivity index (χ0n) is 14.9. The summed E-state index contributed by atoms with van der Waals surface area (Å²) in [5.74, 6) is 0.961. The van der Waals surface area contributed by atoms with E-state index in [1.54, 1.807) is 17.5 Å². The highest BCUT2D eigenvalue weighted by molar-refractivity contribution is 7.07. The van der Waals surface area contributed by atoms with E-state index in [0.29, 0.717) is 0 Å². The first-order valence-corrected chi connectivity index (χ1v) is 10.0. The molecule has 0 amide bonds. The first-order valence-electron chi connectivity index (χ1n) is 9.09. The number of hydrogen-bond donors (Lipinski definition) is 0. The quantitative estimate of drug-likeness (QED) is 0.548. The number of hydrogen-bond acceptors (Lipinski definition) is 6. The molecule has 0 atom stereocenters. The molecular formula is C20H20N6S. The van der Waals surface area contributed by atoms with E-state index in [9.17, 15) is 0 Å². The topological polar surface area (TPSA) is 49.6 Å². The van der Waals surface area contributed by atoms with Gasteiger partial charge in [-0.15, -0.1) is 0 Å². The summed E-state index contributed by atoms with van der Waals surface area (Å²) < 4.78 is 2.11. The molecule has 1 saturated heterocycles. The van der Waals surface area contributed by atoms with Crippen LogP contribution in [0.3, 0.4) is 0 Å². The molecule has 6 nitrogen and oxygen atoms in total. The predicted octanol–water partition coefficient (Wildman–Crippen LogP) is 3.18. The van der Waals surface area contributed by atoms with Gasteiger partial charge in [0.25, 0.3) is 0 Å². The summed E-state index contributed by atoms with van der Waals surface area (Å²) in [5.41, 5.74) is 4.41. The maximum atomic E-state index is 4.67. The second kappa shape index (κ2) is 7.09. The molecule has 0 saturated carbocycles. The molecule has 0 radical (unpaired) electrons. The van der Waals surface area contributed by atoms with Gasteiger partial charge >= 0.3 is 0 Å². The Morgan fingerprint density at radius 1 is 1.00 bits per heavy atom. The van der Waals surface area contributed by atoms with E-state index in [0.717, 1.165) is 55.4 Å². The number of piperazine rings is 1. The van der Waals surface area contributed by atoms with E-state index in [4.69, 9.17) is 0 Å². The average molecular weight is 376 g/mol. The number of aromatic nitrogens is 4. The van der Waals surface area contributed by atoms with Gasteiger partial charge in [-0.1, -0.05) is 0 Å². The third-order valence-corrected chi connectivity index (χ3v) is 5.76. The Labute approximate surface area is 161 Å². The van der Waals surface area contributed by atoms with Gasteiger partial charge in [0.2, 0.25) is 0 Å². The van der Waals surface area contributed by atoms with Crippen molar-refractivity contribution in [2.45, 2.75) is 6.54 Å². The Morgan fingerprint density at radius 3 is 2.70 bits per heavy atom. The third-order valence-electron chi connectivity index (χ3n) is 5.02. The van der Waals surface area contributed by atoms with Crippen molar-refractivity contribution in [2.24, 2.45) is 0 Å². The lowest BCUT2D eigenvalue weighted by Crippen LogP contribution is -2.46. The highest BCUT2D eigenvalue weighted by Crippen LogP contribution is 2.25. The molecular weight excluding hydrogens is 356 g/mol. The molecule has 7 heteroatoms. The maximum absolute atomic E-state index is 4.67. The van der Waals surface area contributed by atoms with Gasteiger partial charge in [0.05, 0.1) is 11.9 Å². The first-order chi connectivity index (χ1) is 13.4. The van der Waals surface area contributed by atoms with Gasteiger partial charge in [0.15, 0.2) is 11.5 Å². The fourth-order valence-corrected chi connectivity index (χ4v) is 4.27. The summed E-state index contributed by atoms with van der Waals surface area (Å²) in [6.07, 6.45) is 9.40. The highest BCUT2D eigenvalue weighted by Gasteiger charge is 2.21. The van der Waals surface area contributed by atoms with Crippen LogP contribution in [0.1, 0.15) is 5.56 Å². The monoisotopic (exact) mass is 376 g/mol. The minimum absolute atomic E-state index is 0.905. The van der Waals surface area contributed by atoms with Crippen LogP contribution in [0.2, 0.25) is 0 Å². The van der Waals surface area contributed by atoms with E-state index in [2.05, 4.69) is 52.0 Å². The summed E-state index contributed by atoms with van der Waals surface area (Å²) in [6, 6.07) is 6.22. The van der Waals surface area contributed by atoms with E-state index in [-0.39, 0.29) is 0 Å².